The Morgan fingerprint density at radius 3 is 2.81 bits per heavy atom. The van der Waals surface area contributed by atoms with Gasteiger partial charge < -0.3 is 10.0 Å². The monoisotopic (exact) mass is 286 g/mol. The summed E-state index contributed by atoms with van der Waals surface area (Å²) in [7, 11) is 0. The van der Waals surface area contributed by atoms with E-state index in [1.54, 1.807) is 35.4 Å². The van der Waals surface area contributed by atoms with Crippen molar-refractivity contribution in [1.82, 2.24) is 19.4 Å². The van der Waals surface area contributed by atoms with E-state index in [-0.39, 0.29) is 5.91 Å². The van der Waals surface area contributed by atoms with Crippen molar-refractivity contribution in [3.63, 3.8) is 0 Å². The van der Waals surface area contributed by atoms with E-state index in [2.05, 4.69) is 9.97 Å². The second kappa shape index (κ2) is 5.35. The van der Waals surface area contributed by atoms with Crippen LogP contribution in [0.3, 0.4) is 0 Å². The van der Waals surface area contributed by atoms with Gasteiger partial charge in [-0.05, 0) is 25.0 Å². The van der Waals surface area contributed by atoms with Crippen LogP contribution < -0.4 is 0 Å². The minimum absolute atomic E-state index is 0.287. The third-order valence-corrected chi connectivity index (χ3v) is 3.56. The topological polar surface area (TPSA) is 88.3 Å². The number of hydrogen-bond donors (Lipinski definition) is 1. The van der Waals surface area contributed by atoms with E-state index in [1.807, 2.05) is 0 Å². The molecular weight excluding hydrogens is 272 g/mol. The number of rotatable bonds is 3. The van der Waals surface area contributed by atoms with E-state index in [0.717, 1.165) is 0 Å². The highest BCUT2D eigenvalue weighted by Gasteiger charge is 2.34. The molecule has 1 saturated heterocycles. The van der Waals surface area contributed by atoms with Gasteiger partial charge >= 0.3 is 5.97 Å². The summed E-state index contributed by atoms with van der Waals surface area (Å²) >= 11 is 0. The highest BCUT2D eigenvalue weighted by molar-refractivity contribution is 5.96. The molecule has 1 N–H and O–H groups in total. The van der Waals surface area contributed by atoms with Crippen LogP contribution in [0.1, 0.15) is 23.2 Å². The first-order chi connectivity index (χ1) is 10.2. The lowest BCUT2D eigenvalue weighted by Crippen LogP contribution is -2.40. The van der Waals surface area contributed by atoms with Gasteiger partial charge in [0, 0.05) is 25.1 Å². The Morgan fingerprint density at radius 2 is 2.19 bits per heavy atom. The van der Waals surface area contributed by atoms with Gasteiger partial charge in [0.1, 0.15) is 18.2 Å². The van der Waals surface area contributed by atoms with E-state index < -0.39 is 12.0 Å². The van der Waals surface area contributed by atoms with Crippen molar-refractivity contribution in [2.45, 2.75) is 18.9 Å². The zero-order valence-electron chi connectivity index (χ0n) is 11.2. The fraction of sp³-hybridized carbons (Fsp3) is 0.286. The molecular formula is C14H14N4O3. The maximum Gasteiger partial charge on any atom is 0.326 e. The molecule has 7 nitrogen and oxygen atoms in total. The Kier molecular flexibility index (Phi) is 3.39. The number of amides is 1. The van der Waals surface area contributed by atoms with E-state index in [0.29, 0.717) is 30.8 Å². The molecule has 7 heteroatoms. The highest BCUT2D eigenvalue weighted by atomic mass is 16.4. The van der Waals surface area contributed by atoms with Crippen LogP contribution in [-0.4, -0.2) is 49.0 Å². The fourth-order valence-electron chi connectivity index (χ4n) is 2.49. The quantitative estimate of drug-likeness (QED) is 0.907. The van der Waals surface area contributed by atoms with E-state index in [9.17, 15) is 9.59 Å². The number of carboxylic acids is 1. The predicted octanol–water partition coefficient (Wildman–Crippen LogP) is 0.956. The van der Waals surface area contributed by atoms with Crippen molar-refractivity contribution in [1.29, 1.82) is 0 Å². The summed E-state index contributed by atoms with van der Waals surface area (Å²) < 4.78 is 1.73. The van der Waals surface area contributed by atoms with Crippen molar-refractivity contribution in [3.05, 3.63) is 42.6 Å². The van der Waals surface area contributed by atoms with Crippen LogP contribution in [0.15, 0.2) is 37.1 Å². The van der Waals surface area contributed by atoms with Crippen LogP contribution in [0.4, 0.5) is 0 Å². The lowest BCUT2D eigenvalue weighted by atomic mass is 10.2. The molecule has 0 aromatic carbocycles. The van der Waals surface area contributed by atoms with Crippen molar-refractivity contribution in [3.8, 4) is 5.82 Å². The summed E-state index contributed by atoms with van der Waals surface area (Å²) in [5.74, 6) is -0.589. The maximum absolute atomic E-state index is 12.4. The molecule has 1 aliphatic rings. The molecule has 1 atom stereocenters. The zero-order valence-corrected chi connectivity index (χ0v) is 11.2. The van der Waals surface area contributed by atoms with Crippen molar-refractivity contribution < 1.29 is 14.7 Å². The van der Waals surface area contributed by atoms with Crippen molar-refractivity contribution >= 4 is 11.9 Å². The molecule has 2 aromatic rings. The summed E-state index contributed by atoms with van der Waals surface area (Å²) in [4.78, 5) is 33.0. The summed E-state index contributed by atoms with van der Waals surface area (Å²) in [6.45, 7) is 0.471. The van der Waals surface area contributed by atoms with Crippen LogP contribution in [0.2, 0.25) is 0 Å². The van der Waals surface area contributed by atoms with E-state index in [1.165, 1.54) is 11.1 Å². The Labute approximate surface area is 120 Å². The Balaban J connectivity index is 1.80. The average molecular weight is 286 g/mol. The second-order valence-corrected chi connectivity index (χ2v) is 4.87. The number of likely N-dealkylation sites (tertiary alicyclic amines) is 1. The van der Waals surface area contributed by atoms with Crippen LogP contribution in [0, 0.1) is 0 Å². The number of hydrogen-bond acceptors (Lipinski definition) is 4. The predicted molar refractivity (Wildman–Crippen MR) is 73.1 cm³/mol. The Bertz CT molecular complexity index is 651. The first-order valence-corrected chi connectivity index (χ1v) is 6.65. The zero-order chi connectivity index (χ0) is 14.8. The third-order valence-electron chi connectivity index (χ3n) is 3.56. The van der Waals surface area contributed by atoms with Crippen LogP contribution in [-0.2, 0) is 4.79 Å². The molecule has 108 valence electrons. The van der Waals surface area contributed by atoms with Gasteiger partial charge in [0.05, 0.1) is 5.56 Å². The molecule has 3 rings (SSSR count). The first-order valence-electron chi connectivity index (χ1n) is 6.65. The van der Waals surface area contributed by atoms with E-state index >= 15 is 0 Å². The van der Waals surface area contributed by atoms with Crippen LogP contribution >= 0.6 is 0 Å². The van der Waals surface area contributed by atoms with Gasteiger partial charge in [-0.2, -0.15) is 0 Å². The number of aliphatic carboxylic acids is 1. The molecule has 0 spiro atoms. The number of nitrogens with zero attached hydrogens (tertiary/aromatic N) is 4. The maximum atomic E-state index is 12.4. The van der Waals surface area contributed by atoms with Gasteiger partial charge in [-0.3, -0.25) is 9.36 Å². The molecule has 3 heterocycles. The van der Waals surface area contributed by atoms with Gasteiger partial charge in [0.25, 0.3) is 5.91 Å². The van der Waals surface area contributed by atoms with Gasteiger partial charge in [0.2, 0.25) is 0 Å². The van der Waals surface area contributed by atoms with Gasteiger partial charge in [0.15, 0.2) is 0 Å². The molecule has 1 amide bonds. The lowest BCUT2D eigenvalue weighted by molar-refractivity contribution is -0.141. The average Bonchev–Trinajstić information content (AvgIpc) is 3.18. The standard InChI is InChI=1S/C14H14N4O3/c19-13(18-6-1-2-11(18)14(20)21)10-3-4-12(16-8-10)17-7-5-15-9-17/h3-5,7-9,11H,1-2,6H2,(H,20,21). The number of aromatic nitrogens is 3. The molecule has 1 unspecified atom stereocenters. The normalized spacial score (nSPS) is 17.9. The Hall–Kier alpha value is -2.70. The fourth-order valence-corrected chi connectivity index (χ4v) is 2.49. The summed E-state index contributed by atoms with van der Waals surface area (Å²) in [5, 5.41) is 9.13. The first kappa shape index (κ1) is 13.3. The largest absolute Gasteiger partial charge is 0.480 e. The molecule has 21 heavy (non-hydrogen) atoms. The second-order valence-electron chi connectivity index (χ2n) is 4.87. The number of imidazole rings is 1. The van der Waals surface area contributed by atoms with Gasteiger partial charge in [-0.15, -0.1) is 0 Å². The molecule has 2 aromatic heterocycles. The van der Waals surface area contributed by atoms with Crippen LogP contribution in [0.5, 0.6) is 0 Å². The highest BCUT2D eigenvalue weighted by Crippen LogP contribution is 2.20. The van der Waals surface area contributed by atoms with Crippen LogP contribution in [0.25, 0.3) is 5.82 Å². The molecule has 1 fully saturated rings. The third kappa shape index (κ3) is 2.49. The summed E-state index contributed by atoms with van der Waals surface area (Å²) in [5.41, 5.74) is 0.395. The Morgan fingerprint density at radius 1 is 1.33 bits per heavy atom. The summed E-state index contributed by atoms with van der Waals surface area (Å²) in [6, 6.07) is 2.63. The van der Waals surface area contributed by atoms with Crippen molar-refractivity contribution in [2.24, 2.45) is 0 Å². The lowest BCUT2D eigenvalue weighted by Gasteiger charge is -2.21. The molecule has 0 aliphatic carbocycles. The number of carbonyl (C=O) groups is 2. The number of pyridine rings is 1. The number of carbonyl (C=O) groups excluding carboxylic acids is 1. The SMILES string of the molecule is O=C(O)C1CCCN1C(=O)c1ccc(-n2ccnc2)nc1. The summed E-state index contributed by atoms with van der Waals surface area (Å²) in [6.07, 6.45) is 7.69. The molecule has 0 radical (unpaired) electrons. The smallest absolute Gasteiger partial charge is 0.326 e. The minimum Gasteiger partial charge on any atom is -0.480 e. The molecule has 0 saturated carbocycles. The molecule has 1 aliphatic heterocycles. The van der Waals surface area contributed by atoms with Crippen molar-refractivity contribution in [2.75, 3.05) is 6.54 Å². The molecule has 0 bridgehead atoms. The number of carboxylic acid groups (broad SMARTS) is 1. The van der Waals surface area contributed by atoms with E-state index in [4.69, 9.17) is 5.11 Å². The minimum atomic E-state index is -0.955. The van der Waals surface area contributed by atoms with Gasteiger partial charge in [-0.25, -0.2) is 14.8 Å². The van der Waals surface area contributed by atoms with Gasteiger partial charge in [-0.1, -0.05) is 0 Å².